The Morgan fingerprint density at radius 1 is 1.15 bits per heavy atom. The number of amides is 1. The Balaban J connectivity index is 1.64. The van der Waals surface area contributed by atoms with Gasteiger partial charge in [-0.1, -0.05) is 13.3 Å². The topological polar surface area (TPSA) is 79.4 Å². The molecule has 1 aromatic carbocycles. The first-order valence-electron chi connectivity index (χ1n) is 9.49. The van der Waals surface area contributed by atoms with Crippen LogP contribution in [0, 0.1) is 6.92 Å². The Labute approximate surface area is 160 Å². The maximum absolute atomic E-state index is 11.8. The highest BCUT2D eigenvalue weighted by Crippen LogP contribution is 2.21. The van der Waals surface area contributed by atoms with Gasteiger partial charge < -0.3 is 20.3 Å². The van der Waals surface area contributed by atoms with Gasteiger partial charge >= 0.3 is 0 Å². The van der Waals surface area contributed by atoms with Gasteiger partial charge in [0.1, 0.15) is 5.82 Å². The molecule has 1 aliphatic heterocycles. The number of aryl methyl sites for hydroxylation is 1. The summed E-state index contributed by atoms with van der Waals surface area (Å²) in [4.78, 5) is 23.1. The first-order valence-corrected chi connectivity index (χ1v) is 9.49. The second-order valence-corrected chi connectivity index (χ2v) is 6.65. The lowest BCUT2D eigenvalue weighted by molar-refractivity contribution is -0.116. The van der Waals surface area contributed by atoms with Crippen molar-refractivity contribution >= 4 is 29.0 Å². The van der Waals surface area contributed by atoms with Crippen molar-refractivity contribution in [3.8, 4) is 0 Å². The number of anilines is 4. The minimum Gasteiger partial charge on any atom is -0.378 e. The molecule has 2 aromatic rings. The van der Waals surface area contributed by atoms with Crippen molar-refractivity contribution in [2.75, 3.05) is 41.8 Å². The first-order chi connectivity index (χ1) is 13.1. The molecule has 0 aliphatic carbocycles. The van der Waals surface area contributed by atoms with Gasteiger partial charge in [0.15, 0.2) is 0 Å². The van der Waals surface area contributed by atoms with Gasteiger partial charge in [-0.05, 0) is 37.6 Å². The molecule has 0 bridgehead atoms. The van der Waals surface area contributed by atoms with E-state index in [0.29, 0.717) is 19.6 Å². The normalized spacial score (nSPS) is 14.1. The minimum absolute atomic E-state index is 0.0548. The molecule has 0 unspecified atom stereocenters. The molecule has 144 valence electrons. The standard InChI is InChI=1S/C20H27N5O2/c1-3-4-5-19(26)23-17-8-6-16(7-9-17)22-18-14-15(2)21-20(24-18)25-10-12-27-13-11-25/h6-9,14H,3-5,10-13H2,1-2H3,(H,23,26)(H,21,22,24). The summed E-state index contributed by atoms with van der Waals surface area (Å²) in [6.45, 7) is 7.04. The molecule has 0 saturated carbocycles. The van der Waals surface area contributed by atoms with Crippen LogP contribution in [0.2, 0.25) is 0 Å². The molecule has 7 heteroatoms. The highest BCUT2D eigenvalue weighted by Gasteiger charge is 2.15. The number of hydrogen-bond donors (Lipinski definition) is 2. The van der Waals surface area contributed by atoms with E-state index >= 15 is 0 Å². The first kappa shape index (κ1) is 19.1. The largest absolute Gasteiger partial charge is 0.378 e. The number of ether oxygens (including phenoxy) is 1. The summed E-state index contributed by atoms with van der Waals surface area (Å²) in [7, 11) is 0. The molecule has 0 spiro atoms. The summed E-state index contributed by atoms with van der Waals surface area (Å²) in [5.74, 6) is 1.53. The fraction of sp³-hybridized carbons (Fsp3) is 0.450. The maximum Gasteiger partial charge on any atom is 0.227 e. The van der Waals surface area contributed by atoms with E-state index in [0.717, 1.165) is 54.8 Å². The average Bonchev–Trinajstić information content (AvgIpc) is 2.68. The van der Waals surface area contributed by atoms with Gasteiger partial charge in [0.2, 0.25) is 11.9 Å². The van der Waals surface area contributed by atoms with Crippen LogP contribution < -0.4 is 15.5 Å². The summed E-state index contributed by atoms with van der Waals surface area (Å²) < 4.78 is 5.39. The van der Waals surface area contributed by atoms with Crippen molar-refractivity contribution < 1.29 is 9.53 Å². The van der Waals surface area contributed by atoms with Crippen molar-refractivity contribution in [3.05, 3.63) is 36.0 Å². The van der Waals surface area contributed by atoms with E-state index in [1.54, 1.807) is 0 Å². The third kappa shape index (κ3) is 5.65. The van der Waals surface area contributed by atoms with E-state index in [4.69, 9.17) is 4.74 Å². The summed E-state index contributed by atoms with van der Waals surface area (Å²) in [6.07, 6.45) is 2.48. The van der Waals surface area contributed by atoms with E-state index in [1.165, 1.54) is 0 Å². The highest BCUT2D eigenvalue weighted by atomic mass is 16.5. The number of morpholine rings is 1. The van der Waals surface area contributed by atoms with Crippen LogP contribution in [0.3, 0.4) is 0 Å². The van der Waals surface area contributed by atoms with E-state index < -0.39 is 0 Å². The number of rotatable bonds is 7. The molecular formula is C20H27N5O2. The minimum atomic E-state index is 0.0548. The van der Waals surface area contributed by atoms with Crippen LogP contribution >= 0.6 is 0 Å². The third-order valence-electron chi connectivity index (χ3n) is 4.33. The number of benzene rings is 1. The van der Waals surface area contributed by atoms with E-state index in [-0.39, 0.29) is 5.91 Å². The Morgan fingerprint density at radius 3 is 2.56 bits per heavy atom. The highest BCUT2D eigenvalue weighted by molar-refractivity contribution is 5.90. The molecule has 27 heavy (non-hydrogen) atoms. The zero-order valence-corrected chi connectivity index (χ0v) is 16.0. The van der Waals surface area contributed by atoms with E-state index in [1.807, 2.05) is 37.3 Å². The zero-order valence-electron chi connectivity index (χ0n) is 16.0. The van der Waals surface area contributed by atoms with Gasteiger partial charge in [-0.15, -0.1) is 0 Å². The van der Waals surface area contributed by atoms with Gasteiger partial charge in [0, 0.05) is 42.6 Å². The number of nitrogens with zero attached hydrogens (tertiary/aromatic N) is 3. The van der Waals surface area contributed by atoms with Gasteiger partial charge in [0.25, 0.3) is 0 Å². The van der Waals surface area contributed by atoms with Crippen LogP contribution in [0.5, 0.6) is 0 Å². The van der Waals surface area contributed by atoms with Gasteiger partial charge in [-0.2, -0.15) is 4.98 Å². The van der Waals surface area contributed by atoms with Gasteiger partial charge in [-0.3, -0.25) is 4.79 Å². The maximum atomic E-state index is 11.8. The number of unbranched alkanes of at least 4 members (excludes halogenated alkanes) is 1. The van der Waals surface area contributed by atoms with Gasteiger partial charge in [-0.25, -0.2) is 4.98 Å². The summed E-state index contributed by atoms with van der Waals surface area (Å²) >= 11 is 0. The van der Waals surface area contributed by atoms with E-state index in [2.05, 4.69) is 32.4 Å². The molecule has 7 nitrogen and oxygen atoms in total. The van der Waals surface area contributed by atoms with Crippen molar-refractivity contribution in [2.45, 2.75) is 33.1 Å². The van der Waals surface area contributed by atoms with Crippen LogP contribution in [0.25, 0.3) is 0 Å². The van der Waals surface area contributed by atoms with Crippen LogP contribution in [0.15, 0.2) is 30.3 Å². The number of aromatic nitrogens is 2. The third-order valence-corrected chi connectivity index (χ3v) is 4.33. The van der Waals surface area contributed by atoms with Crippen molar-refractivity contribution in [2.24, 2.45) is 0 Å². The number of hydrogen-bond acceptors (Lipinski definition) is 6. The molecule has 3 rings (SSSR count). The quantitative estimate of drug-likeness (QED) is 0.778. The lowest BCUT2D eigenvalue weighted by Crippen LogP contribution is -2.37. The Kier molecular flexibility index (Phi) is 6.59. The van der Waals surface area contributed by atoms with Crippen LogP contribution in [0.1, 0.15) is 31.9 Å². The number of carbonyl (C=O) groups is 1. The second kappa shape index (κ2) is 9.32. The molecule has 1 amide bonds. The molecule has 1 saturated heterocycles. The molecule has 1 aromatic heterocycles. The summed E-state index contributed by atoms with van der Waals surface area (Å²) in [5.41, 5.74) is 2.62. The Bertz CT molecular complexity index is 757. The molecule has 1 aliphatic rings. The molecule has 2 heterocycles. The second-order valence-electron chi connectivity index (χ2n) is 6.65. The lowest BCUT2D eigenvalue weighted by Gasteiger charge is -2.27. The molecule has 0 atom stereocenters. The summed E-state index contributed by atoms with van der Waals surface area (Å²) in [6, 6.07) is 9.57. The van der Waals surface area contributed by atoms with Crippen LogP contribution in [-0.2, 0) is 9.53 Å². The Hall–Kier alpha value is -2.67. The fourth-order valence-corrected chi connectivity index (χ4v) is 2.87. The lowest BCUT2D eigenvalue weighted by atomic mass is 10.2. The molecule has 1 fully saturated rings. The zero-order chi connectivity index (χ0) is 19.1. The molecule has 2 N–H and O–H groups in total. The smallest absolute Gasteiger partial charge is 0.227 e. The van der Waals surface area contributed by atoms with Crippen LogP contribution in [0.4, 0.5) is 23.1 Å². The van der Waals surface area contributed by atoms with Crippen molar-refractivity contribution in [1.29, 1.82) is 0 Å². The SMILES string of the molecule is CCCCC(=O)Nc1ccc(Nc2cc(C)nc(N3CCOCC3)n2)cc1. The molecular weight excluding hydrogens is 342 g/mol. The fourth-order valence-electron chi connectivity index (χ4n) is 2.87. The van der Waals surface area contributed by atoms with Crippen molar-refractivity contribution in [1.82, 2.24) is 9.97 Å². The number of carbonyl (C=O) groups excluding carboxylic acids is 1. The molecule has 0 radical (unpaired) electrons. The van der Waals surface area contributed by atoms with Gasteiger partial charge in [0.05, 0.1) is 13.2 Å². The monoisotopic (exact) mass is 369 g/mol. The average molecular weight is 369 g/mol. The van der Waals surface area contributed by atoms with E-state index in [9.17, 15) is 4.79 Å². The summed E-state index contributed by atoms with van der Waals surface area (Å²) in [5, 5.41) is 6.24. The van der Waals surface area contributed by atoms with Crippen LogP contribution in [-0.4, -0.2) is 42.2 Å². The predicted octanol–water partition coefficient (Wildman–Crippen LogP) is 3.49. The van der Waals surface area contributed by atoms with Crippen molar-refractivity contribution in [3.63, 3.8) is 0 Å². The Morgan fingerprint density at radius 2 is 1.85 bits per heavy atom. The number of nitrogens with one attached hydrogen (secondary N) is 2. The predicted molar refractivity (Wildman–Crippen MR) is 108 cm³/mol.